The molecule has 1 aromatic heterocycles. The minimum Gasteiger partial charge on any atom is -0.508 e. The molecule has 3 aromatic rings. The summed E-state index contributed by atoms with van der Waals surface area (Å²) < 4.78 is 25.1. The molecule has 6 nitrogen and oxygen atoms in total. The fourth-order valence-electron chi connectivity index (χ4n) is 3.82. The zero-order chi connectivity index (χ0) is 21.4. The molecule has 1 N–H and O–H groups in total. The molecular weight excluding hydrogens is 389 g/mol. The lowest BCUT2D eigenvalue weighted by Gasteiger charge is -2.25. The van der Waals surface area contributed by atoms with Crippen LogP contribution < -0.4 is 5.43 Å². The van der Waals surface area contributed by atoms with Crippen LogP contribution in [0.25, 0.3) is 11.0 Å². The third-order valence-corrected chi connectivity index (χ3v) is 5.11. The number of fused-ring (bicyclic) bond motifs is 2. The normalized spacial score (nSPS) is 15.9. The van der Waals surface area contributed by atoms with Gasteiger partial charge in [0.25, 0.3) is 5.91 Å². The van der Waals surface area contributed by atoms with Gasteiger partial charge in [0, 0.05) is 13.2 Å². The van der Waals surface area contributed by atoms with E-state index < -0.39 is 23.2 Å². The van der Waals surface area contributed by atoms with Crippen molar-refractivity contribution in [3.63, 3.8) is 0 Å². The molecule has 0 radical (unpaired) electrons. The van der Waals surface area contributed by atoms with Gasteiger partial charge in [0.1, 0.15) is 17.1 Å². The Morgan fingerprint density at radius 1 is 1.20 bits per heavy atom. The van der Waals surface area contributed by atoms with Crippen LogP contribution in [0.2, 0.25) is 0 Å². The van der Waals surface area contributed by atoms with Crippen molar-refractivity contribution in [2.75, 3.05) is 13.2 Å². The largest absolute Gasteiger partial charge is 0.508 e. The smallest absolute Gasteiger partial charge is 0.290 e. The van der Waals surface area contributed by atoms with Gasteiger partial charge in [-0.05, 0) is 56.2 Å². The van der Waals surface area contributed by atoms with Gasteiger partial charge < -0.3 is 19.2 Å². The molecule has 156 valence electrons. The Morgan fingerprint density at radius 2 is 2.00 bits per heavy atom. The highest BCUT2D eigenvalue weighted by Crippen LogP contribution is 2.39. The van der Waals surface area contributed by atoms with Gasteiger partial charge in [-0.2, -0.15) is 0 Å². The fourth-order valence-corrected chi connectivity index (χ4v) is 3.82. The van der Waals surface area contributed by atoms with Crippen LogP contribution in [0.15, 0.2) is 51.7 Å². The molecule has 0 bridgehead atoms. The average Bonchev–Trinajstić information content (AvgIpc) is 2.98. The van der Waals surface area contributed by atoms with Crippen molar-refractivity contribution in [2.45, 2.75) is 32.4 Å². The van der Waals surface area contributed by atoms with Gasteiger partial charge in [-0.1, -0.05) is 12.1 Å². The number of amides is 1. The molecule has 2 heterocycles. The number of phenolic OH excluding ortho intramolecular Hbond substituents is 1. The van der Waals surface area contributed by atoms with E-state index in [-0.39, 0.29) is 34.1 Å². The minimum absolute atomic E-state index is 0.0210. The van der Waals surface area contributed by atoms with Crippen molar-refractivity contribution in [1.29, 1.82) is 0 Å². The minimum atomic E-state index is -0.734. The maximum Gasteiger partial charge on any atom is 0.290 e. The third-order valence-electron chi connectivity index (χ3n) is 5.11. The van der Waals surface area contributed by atoms with E-state index in [1.54, 1.807) is 17.0 Å². The third kappa shape index (κ3) is 3.57. The highest BCUT2D eigenvalue weighted by Gasteiger charge is 2.42. The van der Waals surface area contributed by atoms with Crippen LogP contribution in [0.5, 0.6) is 5.75 Å². The Hall–Kier alpha value is -3.19. The first-order valence-electron chi connectivity index (χ1n) is 9.84. The lowest BCUT2D eigenvalue weighted by Crippen LogP contribution is -2.31. The van der Waals surface area contributed by atoms with Gasteiger partial charge in [0.15, 0.2) is 5.43 Å². The first-order chi connectivity index (χ1) is 14.4. The van der Waals surface area contributed by atoms with Gasteiger partial charge in [0.05, 0.1) is 23.1 Å². The Morgan fingerprint density at radius 3 is 2.73 bits per heavy atom. The molecule has 7 heteroatoms. The van der Waals surface area contributed by atoms with E-state index in [1.807, 2.05) is 13.8 Å². The lowest BCUT2D eigenvalue weighted by molar-refractivity contribution is 0.0593. The highest BCUT2D eigenvalue weighted by atomic mass is 19.1. The van der Waals surface area contributed by atoms with Crippen molar-refractivity contribution < 1.29 is 23.4 Å². The second-order valence-electron chi connectivity index (χ2n) is 7.58. The van der Waals surface area contributed by atoms with E-state index in [2.05, 4.69) is 0 Å². The topological polar surface area (TPSA) is 80.0 Å². The summed E-state index contributed by atoms with van der Waals surface area (Å²) in [7, 11) is 0. The monoisotopic (exact) mass is 411 g/mol. The van der Waals surface area contributed by atoms with Crippen LogP contribution in [0.4, 0.5) is 4.39 Å². The van der Waals surface area contributed by atoms with E-state index in [0.29, 0.717) is 25.1 Å². The maximum absolute atomic E-state index is 13.8. The summed E-state index contributed by atoms with van der Waals surface area (Å²) in [5.41, 5.74) is 0.449. The molecule has 1 amide bonds. The van der Waals surface area contributed by atoms with Crippen molar-refractivity contribution in [2.24, 2.45) is 0 Å². The summed E-state index contributed by atoms with van der Waals surface area (Å²) in [6.45, 7) is 4.65. The molecule has 1 aliphatic rings. The van der Waals surface area contributed by atoms with Gasteiger partial charge in [-0.3, -0.25) is 9.59 Å². The number of rotatable bonds is 6. The molecule has 0 saturated heterocycles. The van der Waals surface area contributed by atoms with Crippen molar-refractivity contribution in [3.05, 3.63) is 75.4 Å². The Labute approximate surface area is 172 Å². The standard InChI is InChI=1S/C23H22FNO5/c1-13(2)29-10-4-9-25-20(14-5-3-6-16(26)11-14)19-21(27)17-12-15(24)7-8-18(17)30-22(19)23(25)28/h3,5-8,11-13,20,26H,4,9-10H2,1-2H3. The number of halogens is 1. The number of carbonyl (C=O) groups excluding carboxylic acids is 1. The number of ether oxygens (including phenoxy) is 1. The second-order valence-corrected chi connectivity index (χ2v) is 7.58. The predicted molar refractivity (Wildman–Crippen MR) is 109 cm³/mol. The molecule has 1 aliphatic heterocycles. The summed E-state index contributed by atoms with van der Waals surface area (Å²) in [5.74, 6) is -0.994. The summed E-state index contributed by atoms with van der Waals surface area (Å²) >= 11 is 0. The summed E-state index contributed by atoms with van der Waals surface area (Å²) in [6.07, 6.45) is 0.636. The average molecular weight is 411 g/mol. The van der Waals surface area contributed by atoms with Crippen LogP contribution in [0.3, 0.4) is 0 Å². The van der Waals surface area contributed by atoms with Crippen LogP contribution in [0, 0.1) is 5.82 Å². The Bertz CT molecular complexity index is 1170. The molecule has 0 spiro atoms. The predicted octanol–water partition coefficient (Wildman–Crippen LogP) is 4.00. The van der Waals surface area contributed by atoms with E-state index in [4.69, 9.17) is 9.15 Å². The lowest BCUT2D eigenvalue weighted by atomic mass is 9.98. The molecule has 1 unspecified atom stereocenters. The Kier molecular flexibility index (Phi) is 5.30. The SMILES string of the molecule is CC(C)OCCCN1C(=O)c2oc3ccc(F)cc3c(=O)c2C1c1cccc(O)c1. The van der Waals surface area contributed by atoms with Crippen LogP contribution in [-0.4, -0.2) is 35.2 Å². The van der Waals surface area contributed by atoms with E-state index in [1.165, 1.54) is 24.3 Å². The number of hydrogen-bond donors (Lipinski definition) is 1. The van der Waals surface area contributed by atoms with E-state index in [9.17, 15) is 19.1 Å². The number of aromatic hydroxyl groups is 1. The second kappa shape index (κ2) is 7.91. The molecular formula is C23H22FNO5. The Balaban J connectivity index is 1.83. The van der Waals surface area contributed by atoms with Crippen LogP contribution in [0.1, 0.15) is 48.0 Å². The summed E-state index contributed by atoms with van der Waals surface area (Å²) in [5, 5.41) is 10.0. The molecule has 1 atom stereocenters. The quantitative estimate of drug-likeness (QED) is 0.620. The van der Waals surface area contributed by atoms with Crippen molar-refractivity contribution in [1.82, 2.24) is 4.90 Å². The van der Waals surface area contributed by atoms with Crippen molar-refractivity contribution >= 4 is 16.9 Å². The molecule has 4 rings (SSSR count). The van der Waals surface area contributed by atoms with Gasteiger partial charge in [0.2, 0.25) is 5.76 Å². The van der Waals surface area contributed by atoms with Gasteiger partial charge in [-0.25, -0.2) is 4.39 Å². The van der Waals surface area contributed by atoms with Crippen molar-refractivity contribution in [3.8, 4) is 5.75 Å². The molecule has 2 aromatic carbocycles. The zero-order valence-electron chi connectivity index (χ0n) is 16.7. The van der Waals surface area contributed by atoms with E-state index in [0.717, 1.165) is 6.07 Å². The first kappa shape index (κ1) is 20.1. The van der Waals surface area contributed by atoms with E-state index >= 15 is 0 Å². The van der Waals surface area contributed by atoms with Gasteiger partial charge in [-0.15, -0.1) is 0 Å². The number of carbonyl (C=O) groups is 1. The zero-order valence-corrected chi connectivity index (χ0v) is 16.7. The molecule has 0 saturated carbocycles. The summed E-state index contributed by atoms with van der Waals surface area (Å²) in [6, 6.07) is 9.33. The molecule has 0 aliphatic carbocycles. The highest BCUT2D eigenvalue weighted by molar-refractivity contribution is 5.99. The van der Waals surface area contributed by atoms with Crippen LogP contribution >= 0.6 is 0 Å². The van der Waals surface area contributed by atoms with Crippen LogP contribution in [-0.2, 0) is 4.74 Å². The van der Waals surface area contributed by atoms with Gasteiger partial charge >= 0.3 is 0 Å². The first-order valence-corrected chi connectivity index (χ1v) is 9.84. The number of hydrogen-bond acceptors (Lipinski definition) is 5. The number of benzene rings is 2. The maximum atomic E-state index is 13.8. The fraction of sp³-hybridized carbons (Fsp3) is 0.304. The number of nitrogens with zero attached hydrogens (tertiary/aromatic N) is 1. The molecule has 30 heavy (non-hydrogen) atoms. The summed E-state index contributed by atoms with van der Waals surface area (Å²) in [4.78, 5) is 28.0. The number of phenols is 1. The molecule has 0 fully saturated rings.